The summed E-state index contributed by atoms with van der Waals surface area (Å²) in [5, 5.41) is 20.2. The van der Waals surface area contributed by atoms with E-state index >= 15 is 0 Å². The monoisotopic (exact) mass is 594 g/mol. The molecule has 0 atom stereocenters. The Hall–Kier alpha value is -4.14. The van der Waals surface area contributed by atoms with Gasteiger partial charge in [0, 0.05) is 24.4 Å². The van der Waals surface area contributed by atoms with Crippen molar-refractivity contribution in [3.8, 4) is 0 Å². The molecule has 0 spiro atoms. The molecule has 5 aromatic carbocycles. The number of rotatable bonds is 2. The summed E-state index contributed by atoms with van der Waals surface area (Å²) in [6, 6.07) is 53.6. The third kappa shape index (κ3) is 19.8. The molecule has 0 N–H and O–H groups in total. The van der Waals surface area contributed by atoms with Gasteiger partial charge in [-0.05, 0) is 29.3 Å². The van der Waals surface area contributed by atoms with Crippen molar-refractivity contribution in [2.45, 2.75) is 0 Å². The van der Waals surface area contributed by atoms with Crippen LogP contribution in [0.4, 0.5) is 0 Å². The second kappa shape index (κ2) is 23.6. The largest absolute Gasteiger partial charge is 0.545 e. The van der Waals surface area contributed by atoms with Crippen LogP contribution in [-0.4, -0.2) is 36.4 Å². The topological polar surface area (TPSA) is 80.3 Å². The first-order chi connectivity index (χ1) is 17.6. The van der Waals surface area contributed by atoms with E-state index in [1.165, 1.54) is 24.3 Å². The standard InChI is InChI=1S/2C7H6O2.3C6H5.Sb/c2*8-7(9)6-4-2-1-3-5-6;3*1-2-4-6-5-3-1;/h2*1-5H,(H,8,9);3*1-5H;/p-2. The molecule has 0 aliphatic rings. The molecule has 5 heteroatoms. The summed E-state index contributed by atoms with van der Waals surface area (Å²) in [6.45, 7) is 0. The molecular formula is C32H25O4Sb-2. The Kier molecular flexibility index (Phi) is 21.0. The summed E-state index contributed by atoms with van der Waals surface area (Å²) in [7, 11) is 0. The number of aromatic carboxylic acids is 2. The fourth-order valence-electron chi connectivity index (χ4n) is 2.17. The number of hydrogen-bond acceptors (Lipinski definition) is 4. The van der Waals surface area contributed by atoms with E-state index in [9.17, 15) is 19.8 Å². The van der Waals surface area contributed by atoms with E-state index < -0.39 is 11.9 Å². The average molecular weight is 595 g/mol. The molecule has 5 aromatic rings. The SMILES string of the molecule is O=C([O-])c1ccccc1.O=C([O-])c1ccccc1.[Sb].[c]1ccccc1.[c]1ccccc1.[c]1ccccc1. The molecule has 4 nitrogen and oxygen atoms in total. The summed E-state index contributed by atoms with van der Waals surface area (Å²) in [4.78, 5) is 20.2. The first-order valence-corrected chi connectivity index (χ1v) is 10.9. The number of carboxylic acid groups (broad SMARTS) is 2. The molecule has 6 radical (unpaired) electrons. The number of hydrogen-bond donors (Lipinski definition) is 0. The Labute approximate surface area is 236 Å². The quantitative estimate of drug-likeness (QED) is 0.287. The molecule has 0 unspecified atom stereocenters. The molecule has 5 rings (SSSR count). The normalized spacial score (nSPS) is 8.22. The molecule has 0 saturated heterocycles. The van der Waals surface area contributed by atoms with Crippen LogP contribution in [0.25, 0.3) is 0 Å². The smallest absolute Gasteiger partial charge is 0.0715 e. The number of benzene rings is 5. The van der Waals surface area contributed by atoms with Crippen molar-refractivity contribution in [2.75, 3.05) is 0 Å². The van der Waals surface area contributed by atoms with Crippen LogP contribution in [0, 0.1) is 18.2 Å². The van der Waals surface area contributed by atoms with Crippen LogP contribution in [0.3, 0.4) is 0 Å². The van der Waals surface area contributed by atoms with Crippen molar-refractivity contribution in [3.05, 3.63) is 181 Å². The van der Waals surface area contributed by atoms with E-state index in [2.05, 4.69) is 18.2 Å². The maximum Gasteiger partial charge on any atom is 0.0715 e. The van der Waals surface area contributed by atoms with Gasteiger partial charge in [0.15, 0.2) is 0 Å². The van der Waals surface area contributed by atoms with E-state index in [-0.39, 0.29) is 35.6 Å². The third-order valence-electron chi connectivity index (χ3n) is 3.84. The Balaban J connectivity index is 0.000000440. The van der Waals surface area contributed by atoms with Crippen LogP contribution in [0.15, 0.2) is 152 Å². The van der Waals surface area contributed by atoms with E-state index in [0.717, 1.165) is 0 Å². The van der Waals surface area contributed by atoms with Gasteiger partial charge in [-0.25, -0.2) is 0 Å². The summed E-state index contributed by atoms with van der Waals surface area (Å²) in [5.41, 5.74) is 0.440. The second-order valence-electron chi connectivity index (χ2n) is 6.54. The molecule has 0 bridgehead atoms. The summed E-state index contributed by atoms with van der Waals surface area (Å²) >= 11 is 0. The van der Waals surface area contributed by atoms with Gasteiger partial charge in [-0.3, -0.25) is 0 Å². The minimum Gasteiger partial charge on any atom is -0.545 e. The van der Waals surface area contributed by atoms with Gasteiger partial charge in [-0.1, -0.05) is 152 Å². The number of carbonyl (C=O) groups excluding carboxylic acids is 2. The van der Waals surface area contributed by atoms with Crippen LogP contribution in [0.5, 0.6) is 0 Å². The molecule has 0 fully saturated rings. The third-order valence-corrected chi connectivity index (χ3v) is 3.84. The van der Waals surface area contributed by atoms with Gasteiger partial charge in [0.05, 0.1) is 11.9 Å². The average Bonchev–Trinajstić information content (AvgIpc) is 2.98. The summed E-state index contributed by atoms with van der Waals surface area (Å²) < 4.78 is 0. The predicted molar refractivity (Wildman–Crippen MR) is 143 cm³/mol. The van der Waals surface area contributed by atoms with Gasteiger partial charge in [0.1, 0.15) is 0 Å². The van der Waals surface area contributed by atoms with Gasteiger partial charge in [-0.15, -0.1) is 0 Å². The number of carbonyl (C=O) groups is 2. The Morgan fingerprint density at radius 1 is 0.405 bits per heavy atom. The first-order valence-electron chi connectivity index (χ1n) is 10.9. The fourth-order valence-corrected chi connectivity index (χ4v) is 2.17. The molecule has 37 heavy (non-hydrogen) atoms. The summed E-state index contributed by atoms with van der Waals surface area (Å²) in [5.74, 6) is -2.26. The Bertz CT molecular complexity index is 952. The summed E-state index contributed by atoms with van der Waals surface area (Å²) in [6.07, 6.45) is 0. The zero-order valence-corrected chi connectivity index (χ0v) is 22.6. The Morgan fingerprint density at radius 3 is 0.730 bits per heavy atom. The minimum absolute atomic E-state index is 0. The van der Waals surface area contributed by atoms with Crippen molar-refractivity contribution >= 4 is 36.4 Å². The van der Waals surface area contributed by atoms with Gasteiger partial charge < -0.3 is 19.8 Å². The molecular weight excluding hydrogens is 570 g/mol. The van der Waals surface area contributed by atoms with E-state index in [1.54, 1.807) is 36.4 Å². The van der Waals surface area contributed by atoms with E-state index in [0.29, 0.717) is 0 Å². The maximum atomic E-state index is 10.1. The van der Waals surface area contributed by atoms with Crippen molar-refractivity contribution in [3.63, 3.8) is 0 Å². The zero-order valence-electron chi connectivity index (χ0n) is 20.0. The maximum absolute atomic E-state index is 10.1. The van der Waals surface area contributed by atoms with E-state index in [4.69, 9.17) is 0 Å². The van der Waals surface area contributed by atoms with Gasteiger partial charge in [0.25, 0.3) is 0 Å². The predicted octanol–water partition coefficient (Wildman–Crippen LogP) is 4.18. The molecule has 0 amide bonds. The zero-order chi connectivity index (χ0) is 26.1. The molecule has 0 aliphatic carbocycles. The van der Waals surface area contributed by atoms with Crippen molar-refractivity contribution < 1.29 is 19.8 Å². The van der Waals surface area contributed by atoms with Crippen LogP contribution < -0.4 is 10.2 Å². The molecule has 184 valence electrons. The van der Waals surface area contributed by atoms with Crippen molar-refractivity contribution in [1.29, 1.82) is 0 Å². The van der Waals surface area contributed by atoms with Crippen molar-refractivity contribution in [2.24, 2.45) is 0 Å². The fraction of sp³-hybridized carbons (Fsp3) is 0. The molecule has 0 heterocycles. The van der Waals surface area contributed by atoms with Crippen LogP contribution in [0.1, 0.15) is 20.7 Å². The van der Waals surface area contributed by atoms with Crippen LogP contribution in [0.2, 0.25) is 0 Å². The minimum atomic E-state index is -1.13. The second-order valence-corrected chi connectivity index (χ2v) is 6.54. The van der Waals surface area contributed by atoms with Crippen LogP contribution >= 0.6 is 0 Å². The Morgan fingerprint density at radius 2 is 0.622 bits per heavy atom. The van der Waals surface area contributed by atoms with E-state index in [1.807, 2.05) is 91.0 Å². The molecule has 0 aliphatic heterocycles. The van der Waals surface area contributed by atoms with Crippen molar-refractivity contribution in [1.82, 2.24) is 0 Å². The number of carboxylic acids is 2. The van der Waals surface area contributed by atoms with Gasteiger partial charge in [-0.2, -0.15) is 0 Å². The van der Waals surface area contributed by atoms with Gasteiger partial charge in [0.2, 0.25) is 0 Å². The van der Waals surface area contributed by atoms with Gasteiger partial charge >= 0.3 is 0 Å². The van der Waals surface area contributed by atoms with Crippen LogP contribution in [-0.2, 0) is 0 Å². The molecule has 0 saturated carbocycles. The molecule has 0 aromatic heterocycles. The first kappa shape index (κ1) is 32.9.